The van der Waals surface area contributed by atoms with Crippen molar-refractivity contribution in [2.24, 2.45) is 0 Å². The van der Waals surface area contributed by atoms with Gasteiger partial charge in [0.1, 0.15) is 0 Å². The van der Waals surface area contributed by atoms with Crippen LogP contribution in [0.1, 0.15) is 0 Å². The SMILES string of the molecule is [C-]#[N+]CNCCN(CC#N)CCNCC#N. The largest absolute Gasteiger partial charge is 0.303 e. The Morgan fingerprint density at radius 2 is 1.81 bits per heavy atom. The van der Waals surface area contributed by atoms with E-state index in [0.29, 0.717) is 32.8 Å². The predicted molar refractivity (Wildman–Crippen MR) is 60.0 cm³/mol. The molecule has 6 nitrogen and oxygen atoms in total. The van der Waals surface area contributed by atoms with E-state index in [4.69, 9.17) is 17.1 Å². The Morgan fingerprint density at radius 3 is 2.38 bits per heavy atom. The van der Waals surface area contributed by atoms with Crippen molar-refractivity contribution in [1.82, 2.24) is 15.5 Å². The van der Waals surface area contributed by atoms with Gasteiger partial charge in [-0.2, -0.15) is 10.5 Å². The van der Waals surface area contributed by atoms with Gasteiger partial charge in [0.25, 0.3) is 6.67 Å². The fourth-order valence-electron chi connectivity index (χ4n) is 1.12. The van der Waals surface area contributed by atoms with Crippen molar-refractivity contribution in [3.63, 3.8) is 0 Å². The third kappa shape index (κ3) is 8.93. The number of rotatable bonds is 9. The highest BCUT2D eigenvalue weighted by Gasteiger charge is 2.03. The van der Waals surface area contributed by atoms with E-state index in [0.717, 1.165) is 13.1 Å². The molecule has 0 saturated carbocycles. The van der Waals surface area contributed by atoms with Gasteiger partial charge in [-0.05, 0) is 0 Å². The van der Waals surface area contributed by atoms with Crippen molar-refractivity contribution in [3.8, 4) is 12.1 Å². The van der Waals surface area contributed by atoms with Crippen LogP contribution in [0.15, 0.2) is 0 Å². The van der Waals surface area contributed by atoms with E-state index in [-0.39, 0.29) is 0 Å². The summed E-state index contributed by atoms with van der Waals surface area (Å²) in [5.41, 5.74) is 0. The van der Waals surface area contributed by atoms with Crippen molar-refractivity contribution in [3.05, 3.63) is 11.4 Å². The molecule has 0 spiro atoms. The van der Waals surface area contributed by atoms with Crippen LogP contribution in [0.25, 0.3) is 4.85 Å². The Balaban J connectivity index is 3.60. The molecule has 16 heavy (non-hydrogen) atoms. The maximum atomic E-state index is 8.61. The van der Waals surface area contributed by atoms with E-state index in [1.165, 1.54) is 0 Å². The summed E-state index contributed by atoms with van der Waals surface area (Å²) < 4.78 is 0. The van der Waals surface area contributed by atoms with Crippen molar-refractivity contribution < 1.29 is 0 Å². The van der Waals surface area contributed by atoms with E-state index in [1.807, 2.05) is 11.0 Å². The third-order valence-corrected chi connectivity index (χ3v) is 1.90. The lowest BCUT2D eigenvalue weighted by Crippen LogP contribution is -2.37. The first kappa shape index (κ1) is 14.3. The molecule has 0 aliphatic carbocycles. The van der Waals surface area contributed by atoms with Crippen LogP contribution in [-0.2, 0) is 0 Å². The maximum Gasteiger partial charge on any atom is 0.268 e. The zero-order valence-corrected chi connectivity index (χ0v) is 9.24. The maximum absolute atomic E-state index is 8.61. The second kappa shape index (κ2) is 11.4. The van der Waals surface area contributed by atoms with Crippen LogP contribution in [0, 0.1) is 29.2 Å². The summed E-state index contributed by atoms with van der Waals surface area (Å²) in [6.07, 6.45) is 0. The van der Waals surface area contributed by atoms with E-state index >= 15 is 0 Å². The van der Waals surface area contributed by atoms with Gasteiger partial charge in [-0.15, -0.1) is 0 Å². The monoisotopic (exact) mass is 220 g/mol. The topological polar surface area (TPSA) is 79.2 Å². The van der Waals surface area contributed by atoms with Gasteiger partial charge >= 0.3 is 0 Å². The summed E-state index contributed by atoms with van der Waals surface area (Å²) in [6.45, 7) is 10.4. The molecule has 0 aliphatic rings. The van der Waals surface area contributed by atoms with Crippen LogP contribution in [0.5, 0.6) is 0 Å². The Bertz CT molecular complexity index is 259. The molecule has 0 radical (unpaired) electrons. The number of nitrogens with one attached hydrogen (secondary N) is 2. The Kier molecular flexibility index (Phi) is 10.2. The molecule has 0 saturated heterocycles. The minimum absolute atomic E-state index is 0.313. The van der Waals surface area contributed by atoms with Crippen LogP contribution >= 0.6 is 0 Å². The van der Waals surface area contributed by atoms with E-state index < -0.39 is 0 Å². The molecule has 0 aromatic carbocycles. The molecule has 0 aromatic rings. The number of nitriles is 2. The van der Waals surface area contributed by atoms with Gasteiger partial charge in [0, 0.05) is 26.2 Å². The Hall–Kier alpha value is -1.65. The molecule has 0 aromatic heterocycles. The zero-order valence-electron chi connectivity index (χ0n) is 9.24. The fraction of sp³-hybridized carbons (Fsp3) is 0.700. The van der Waals surface area contributed by atoms with E-state index in [1.54, 1.807) is 0 Å². The quantitative estimate of drug-likeness (QED) is 0.308. The van der Waals surface area contributed by atoms with Crippen LogP contribution in [-0.4, -0.2) is 50.8 Å². The summed E-state index contributed by atoms with van der Waals surface area (Å²) >= 11 is 0. The van der Waals surface area contributed by atoms with Gasteiger partial charge in [-0.25, -0.2) is 11.9 Å². The average molecular weight is 220 g/mol. The molecule has 0 amide bonds. The van der Waals surface area contributed by atoms with Crippen molar-refractivity contribution in [1.29, 1.82) is 10.5 Å². The van der Waals surface area contributed by atoms with Gasteiger partial charge in [0.15, 0.2) is 0 Å². The molecule has 0 bridgehead atoms. The molecule has 0 rings (SSSR count). The molecule has 0 unspecified atom stereocenters. The average Bonchev–Trinajstić information content (AvgIpc) is 2.30. The highest BCUT2D eigenvalue weighted by Crippen LogP contribution is 1.84. The molecule has 2 N–H and O–H groups in total. The molecule has 0 heterocycles. The number of hydrogen-bond donors (Lipinski definition) is 2. The van der Waals surface area contributed by atoms with Crippen molar-refractivity contribution >= 4 is 0 Å². The predicted octanol–water partition coefficient (Wildman–Crippen LogP) is -0.608. The minimum Gasteiger partial charge on any atom is -0.303 e. The highest BCUT2D eigenvalue weighted by molar-refractivity contribution is 4.78. The Morgan fingerprint density at radius 1 is 1.12 bits per heavy atom. The smallest absolute Gasteiger partial charge is 0.268 e. The lowest BCUT2D eigenvalue weighted by molar-refractivity contribution is 0.306. The zero-order chi connectivity index (χ0) is 12.1. The van der Waals surface area contributed by atoms with Crippen LogP contribution in [0.2, 0.25) is 0 Å². The number of nitrogens with zero attached hydrogens (tertiary/aromatic N) is 4. The second-order valence-electron chi connectivity index (χ2n) is 3.09. The molecule has 6 heteroatoms. The molecule has 86 valence electrons. The molecular weight excluding hydrogens is 204 g/mol. The summed E-state index contributed by atoms with van der Waals surface area (Å²) in [7, 11) is 0. The highest BCUT2D eigenvalue weighted by atomic mass is 15.2. The Labute approximate surface area is 96.3 Å². The normalized spacial score (nSPS) is 9.38. The lowest BCUT2D eigenvalue weighted by atomic mass is 10.4. The first-order valence-corrected chi connectivity index (χ1v) is 5.06. The van der Waals surface area contributed by atoms with Gasteiger partial charge in [0.05, 0.1) is 25.2 Å². The van der Waals surface area contributed by atoms with Crippen molar-refractivity contribution in [2.45, 2.75) is 0 Å². The van der Waals surface area contributed by atoms with E-state index in [2.05, 4.69) is 21.5 Å². The van der Waals surface area contributed by atoms with Crippen LogP contribution in [0.3, 0.4) is 0 Å². The van der Waals surface area contributed by atoms with Gasteiger partial charge in [-0.1, -0.05) is 0 Å². The molecule has 0 atom stereocenters. The van der Waals surface area contributed by atoms with E-state index in [9.17, 15) is 0 Å². The molecular formula is C10H16N6. The lowest BCUT2D eigenvalue weighted by Gasteiger charge is -2.18. The summed E-state index contributed by atoms with van der Waals surface area (Å²) in [4.78, 5) is 5.15. The first-order chi connectivity index (χ1) is 7.85. The second-order valence-corrected chi connectivity index (χ2v) is 3.09. The summed E-state index contributed by atoms with van der Waals surface area (Å²) in [5.74, 6) is 0. The van der Waals surface area contributed by atoms with Gasteiger partial charge < -0.3 is 5.32 Å². The summed E-state index contributed by atoms with van der Waals surface area (Å²) in [5, 5.41) is 22.8. The molecule has 0 fully saturated rings. The first-order valence-electron chi connectivity index (χ1n) is 5.06. The minimum atomic E-state index is 0.313. The fourth-order valence-corrected chi connectivity index (χ4v) is 1.12. The standard InChI is InChI=1S/C10H16N6/c1-13-10-15-6-9-16(7-3-12)8-5-14-4-2-11/h14-15H,4-10H2. The van der Waals surface area contributed by atoms with Gasteiger partial charge in [-0.3, -0.25) is 9.74 Å². The van der Waals surface area contributed by atoms with Crippen molar-refractivity contribution in [2.75, 3.05) is 45.9 Å². The van der Waals surface area contributed by atoms with Gasteiger partial charge in [0.2, 0.25) is 0 Å². The van der Waals surface area contributed by atoms with Crippen LogP contribution < -0.4 is 10.6 Å². The third-order valence-electron chi connectivity index (χ3n) is 1.90. The summed E-state index contributed by atoms with van der Waals surface area (Å²) in [6, 6.07) is 4.09. The molecule has 0 aliphatic heterocycles. The number of hydrogen-bond acceptors (Lipinski definition) is 5. The van der Waals surface area contributed by atoms with Crippen LogP contribution in [0.4, 0.5) is 0 Å².